The van der Waals surface area contributed by atoms with Gasteiger partial charge in [0.15, 0.2) is 6.10 Å². The van der Waals surface area contributed by atoms with Crippen molar-refractivity contribution in [1.29, 1.82) is 0 Å². The van der Waals surface area contributed by atoms with Gasteiger partial charge in [0.2, 0.25) is 0 Å². The molecule has 23 heavy (non-hydrogen) atoms. The highest BCUT2D eigenvalue weighted by Gasteiger charge is 2.25. The summed E-state index contributed by atoms with van der Waals surface area (Å²) in [7, 11) is 0. The number of aromatic nitrogens is 1. The van der Waals surface area contributed by atoms with Gasteiger partial charge in [0.25, 0.3) is 5.91 Å². The minimum Gasteiger partial charge on any atom is -0.479 e. The maximum absolute atomic E-state index is 12.4. The van der Waals surface area contributed by atoms with E-state index < -0.39 is 11.6 Å². The monoisotopic (exact) mass is 338 g/mol. The van der Waals surface area contributed by atoms with Crippen molar-refractivity contribution in [2.45, 2.75) is 45.8 Å². The minimum atomic E-state index is -0.669. The van der Waals surface area contributed by atoms with Crippen LogP contribution in [0.2, 0.25) is 5.02 Å². The number of carbonyl (C=O) groups excluding carboxylic acids is 1. The third-order valence-corrected chi connectivity index (χ3v) is 3.04. The molecule has 0 aliphatic carbocycles. The van der Waals surface area contributed by atoms with E-state index in [1.165, 1.54) is 12.4 Å². The van der Waals surface area contributed by atoms with Crippen LogP contribution in [-0.4, -0.2) is 35.7 Å². The number of hydrogen-bond donors (Lipinski definition) is 1. The van der Waals surface area contributed by atoms with E-state index in [2.05, 4.69) is 22.1 Å². The van der Waals surface area contributed by atoms with Crippen LogP contribution in [0, 0.1) is 11.8 Å². The van der Waals surface area contributed by atoms with Gasteiger partial charge in [-0.15, -0.1) is 0 Å². The summed E-state index contributed by atoms with van der Waals surface area (Å²) < 4.78 is 10.8. The SMILES string of the molecule is CCOCC#CC(C)(C)NC(=O)C(CC)Oc1cncc(Cl)c1. The molecule has 1 unspecified atom stereocenters. The highest BCUT2D eigenvalue weighted by atomic mass is 35.5. The number of nitrogens with one attached hydrogen (secondary N) is 1. The first-order valence-electron chi connectivity index (χ1n) is 7.55. The van der Waals surface area contributed by atoms with Crippen LogP contribution < -0.4 is 10.1 Å². The first-order chi connectivity index (χ1) is 10.9. The van der Waals surface area contributed by atoms with Gasteiger partial charge >= 0.3 is 0 Å². The molecule has 0 spiro atoms. The summed E-state index contributed by atoms with van der Waals surface area (Å²) >= 11 is 5.87. The highest BCUT2D eigenvalue weighted by molar-refractivity contribution is 6.30. The molecule has 0 bridgehead atoms. The van der Waals surface area contributed by atoms with Gasteiger partial charge in [-0.3, -0.25) is 9.78 Å². The Morgan fingerprint density at radius 3 is 2.78 bits per heavy atom. The highest BCUT2D eigenvalue weighted by Crippen LogP contribution is 2.17. The molecule has 0 saturated heterocycles. The molecule has 5 nitrogen and oxygen atoms in total. The summed E-state index contributed by atoms with van der Waals surface area (Å²) in [5.74, 6) is 6.10. The van der Waals surface area contributed by atoms with Crippen molar-refractivity contribution in [2.24, 2.45) is 0 Å². The molecule has 6 heteroatoms. The van der Waals surface area contributed by atoms with E-state index >= 15 is 0 Å². The van der Waals surface area contributed by atoms with Crippen LogP contribution in [0.25, 0.3) is 0 Å². The van der Waals surface area contributed by atoms with Crippen LogP contribution in [0.3, 0.4) is 0 Å². The Hall–Kier alpha value is -1.77. The number of hydrogen-bond acceptors (Lipinski definition) is 4. The molecule has 1 N–H and O–H groups in total. The van der Waals surface area contributed by atoms with E-state index in [1.807, 2.05) is 27.7 Å². The third kappa shape index (κ3) is 7.36. The number of ether oxygens (including phenoxy) is 2. The second-order valence-electron chi connectivity index (χ2n) is 5.41. The van der Waals surface area contributed by atoms with Gasteiger partial charge in [0.1, 0.15) is 12.4 Å². The fourth-order valence-corrected chi connectivity index (χ4v) is 1.94. The lowest BCUT2D eigenvalue weighted by atomic mass is 10.1. The Balaban J connectivity index is 2.66. The van der Waals surface area contributed by atoms with Crippen LogP contribution in [-0.2, 0) is 9.53 Å². The summed E-state index contributed by atoms with van der Waals surface area (Å²) in [4.78, 5) is 16.3. The lowest BCUT2D eigenvalue weighted by Gasteiger charge is -2.24. The zero-order valence-electron chi connectivity index (χ0n) is 14.0. The maximum Gasteiger partial charge on any atom is 0.262 e. The third-order valence-electron chi connectivity index (χ3n) is 2.84. The Bertz CT molecular complexity index is 579. The molecule has 0 aromatic carbocycles. The largest absolute Gasteiger partial charge is 0.479 e. The van der Waals surface area contributed by atoms with Gasteiger partial charge in [-0.25, -0.2) is 0 Å². The molecule has 0 fully saturated rings. The van der Waals surface area contributed by atoms with Crippen molar-refractivity contribution in [3.8, 4) is 17.6 Å². The average molecular weight is 339 g/mol. The van der Waals surface area contributed by atoms with Gasteiger partial charge in [0, 0.05) is 18.9 Å². The van der Waals surface area contributed by atoms with Crippen LogP contribution in [0.5, 0.6) is 5.75 Å². The quantitative estimate of drug-likeness (QED) is 0.613. The number of carbonyl (C=O) groups is 1. The van der Waals surface area contributed by atoms with E-state index in [1.54, 1.807) is 6.07 Å². The summed E-state index contributed by atoms with van der Waals surface area (Å²) in [6.07, 6.45) is 2.91. The number of amides is 1. The number of halogens is 1. The van der Waals surface area contributed by atoms with Crippen molar-refractivity contribution in [3.63, 3.8) is 0 Å². The van der Waals surface area contributed by atoms with Crippen molar-refractivity contribution >= 4 is 17.5 Å². The van der Waals surface area contributed by atoms with E-state index in [0.717, 1.165) is 0 Å². The Labute approximate surface area is 142 Å². The molecule has 126 valence electrons. The summed E-state index contributed by atoms with van der Waals surface area (Å²) in [5, 5.41) is 3.33. The Morgan fingerprint density at radius 1 is 1.43 bits per heavy atom. The second kappa shape index (κ2) is 9.39. The zero-order chi connectivity index (χ0) is 17.3. The summed E-state index contributed by atoms with van der Waals surface area (Å²) in [6, 6.07) is 1.62. The molecular weight excluding hydrogens is 316 g/mol. The molecule has 1 rings (SSSR count). The van der Waals surface area contributed by atoms with E-state index in [9.17, 15) is 4.79 Å². The van der Waals surface area contributed by atoms with Gasteiger partial charge in [-0.1, -0.05) is 30.4 Å². The molecule has 0 aliphatic heterocycles. The number of nitrogens with zero attached hydrogens (tertiary/aromatic N) is 1. The van der Waals surface area contributed by atoms with E-state index in [-0.39, 0.29) is 5.91 Å². The Kier molecular flexibility index (Phi) is 7.87. The predicted molar refractivity (Wildman–Crippen MR) is 90.4 cm³/mol. The maximum atomic E-state index is 12.4. The first kappa shape index (κ1) is 19.3. The lowest BCUT2D eigenvalue weighted by molar-refractivity contribution is -0.129. The first-order valence-corrected chi connectivity index (χ1v) is 7.92. The van der Waals surface area contributed by atoms with Crippen molar-refractivity contribution < 1.29 is 14.3 Å². The Morgan fingerprint density at radius 2 is 2.17 bits per heavy atom. The lowest BCUT2D eigenvalue weighted by Crippen LogP contribution is -2.48. The zero-order valence-corrected chi connectivity index (χ0v) is 14.7. The minimum absolute atomic E-state index is 0.233. The molecule has 0 saturated carbocycles. The van der Waals surface area contributed by atoms with Crippen LogP contribution in [0.4, 0.5) is 0 Å². The molecule has 1 aromatic rings. The average Bonchev–Trinajstić information content (AvgIpc) is 2.48. The van der Waals surface area contributed by atoms with Crippen LogP contribution in [0.1, 0.15) is 34.1 Å². The smallest absolute Gasteiger partial charge is 0.262 e. The molecule has 1 heterocycles. The molecule has 1 atom stereocenters. The van der Waals surface area contributed by atoms with Gasteiger partial charge in [0.05, 0.1) is 16.8 Å². The van der Waals surface area contributed by atoms with Crippen LogP contribution in [0.15, 0.2) is 18.5 Å². The molecule has 1 amide bonds. The number of rotatable bonds is 7. The normalized spacial score (nSPS) is 12.0. The fourth-order valence-electron chi connectivity index (χ4n) is 1.77. The fraction of sp³-hybridized carbons (Fsp3) is 0.529. The second-order valence-corrected chi connectivity index (χ2v) is 5.84. The van der Waals surface area contributed by atoms with Gasteiger partial charge < -0.3 is 14.8 Å². The topological polar surface area (TPSA) is 60.5 Å². The van der Waals surface area contributed by atoms with Crippen molar-refractivity contribution in [3.05, 3.63) is 23.5 Å². The summed E-state index contributed by atoms with van der Waals surface area (Å²) in [5.41, 5.74) is -0.669. The molecule has 1 aromatic heterocycles. The van der Waals surface area contributed by atoms with Crippen LogP contribution >= 0.6 is 11.6 Å². The molecule has 0 aliphatic rings. The van der Waals surface area contributed by atoms with Crippen molar-refractivity contribution in [1.82, 2.24) is 10.3 Å². The molecular formula is C17H23ClN2O3. The van der Waals surface area contributed by atoms with Gasteiger partial charge in [-0.2, -0.15) is 0 Å². The van der Waals surface area contributed by atoms with E-state index in [4.69, 9.17) is 21.1 Å². The summed E-state index contributed by atoms with van der Waals surface area (Å²) in [6.45, 7) is 8.39. The molecule has 0 radical (unpaired) electrons. The predicted octanol–water partition coefficient (Wildman–Crippen LogP) is 2.83. The standard InChI is InChI=1S/C17H23ClN2O3/c1-5-15(23-14-10-13(18)11-19-12-14)16(21)20-17(3,4)8-7-9-22-6-2/h10-12,15H,5-6,9H2,1-4H3,(H,20,21). The van der Waals surface area contributed by atoms with Gasteiger partial charge in [-0.05, 0) is 27.2 Å². The van der Waals surface area contributed by atoms with Crippen molar-refractivity contribution in [2.75, 3.05) is 13.2 Å². The number of pyridine rings is 1. The van der Waals surface area contributed by atoms with E-state index in [0.29, 0.717) is 30.4 Å².